The van der Waals surface area contributed by atoms with Crippen molar-refractivity contribution in [1.29, 1.82) is 0 Å². The summed E-state index contributed by atoms with van der Waals surface area (Å²) in [6.07, 6.45) is 1.16. The SMILES string of the molecule is CC(CN)C(O)c1ccc(Br)c2cccnc12. The first kappa shape index (κ1) is 12.5. The number of fused-ring (bicyclic) bond motifs is 1. The van der Waals surface area contributed by atoms with Crippen molar-refractivity contribution in [1.82, 2.24) is 4.98 Å². The van der Waals surface area contributed by atoms with Gasteiger partial charge in [-0.2, -0.15) is 0 Å². The summed E-state index contributed by atoms with van der Waals surface area (Å²) in [4.78, 5) is 4.35. The summed E-state index contributed by atoms with van der Waals surface area (Å²) in [7, 11) is 0. The van der Waals surface area contributed by atoms with Crippen LogP contribution in [-0.4, -0.2) is 16.6 Å². The van der Waals surface area contributed by atoms with Crippen LogP contribution in [0.15, 0.2) is 34.9 Å². The molecule has 3 N–H and O–H groups in total. The Morgan fingerprint density at radius 2 is 2.18 bits per heavy atom. The standard InChI is InChI=1S/C13H15BrN2O/c1-8(7-15)13(17)10-4-5-11(14)9-3-2-6-16-12(9)10/h2-6,8,13,17H,7,15H2,1H3. The topological polar surface area (TPSA) is 59.1 Å². The summed E-state index contributed by atoms with van der Waals surface area (Å²) in [6, 6.07) is 7.70. The molecule has 0 fully saturated rings. The van der Waals surface area contributed by atoms with Crippen molar-refractivity contribution in [2.75, 3.05) is 6.54 Å². The molecule has 0 aliphatic carbocycles. The number of pyridine rings is 1. The van der Waals surface area contributed by atoms with Gasteiger partial charge in [-0.25, -0.2) is 0 Å². The van der Waals surface area contributed by atoms with Gasteiger partial charge in [-0.1, -0.05) is 35.0 Å². The van der Waals surface area contributed by atoms with Gasteiger partial charge in [0.25, 0.3) is 0 Å². The molecule has 1 heterocycles. The first-order valence-electron chi connectivity index (χ1n) is 5.56. The monoisotopic (exact) mass is 294 g/mol. The van der Waals surface area contributed by atoms with E-state index in [0.717, 1.165) is 20.9 Å². The normalized spacial score (nSPS) is 14.8. The highest BCUT2D eigenvalue weighted by Gasteiger charge is 2.18. The predicted molar refractivity (Wildman–Crippen MR) is 72.6 cm³/mol. The Balaban J connectivity index is 2.59. The van der Waals surface area contributed by atoms with Crippen molar-refractivity contribution in [3.63, 3.8) is 0 Å². The van der Waals surface area contributed by atoms with Crippen LogP contribution in [0.4, 0.5) is 0 Å². The maximum absolute atomic E-state index is 10.2. The fourth-order valence-corrected chi connectivity index (χ4v) is 2.29. The van der Waals surface area contributed by atoms with E-state index in [1.54, 1.807) is 6.20 Å². The number of halogens is 1. The number of benzene rings is 1. The fourth-order valence-electron chi connectivity index (χ4n) is 1.83. The van der Waals surface area contributed by atoms with Gasteiger partial charge >= 0.3 is 0 Å². The van der Waals surface area contributed by atoms with Crippen LogP contribution in [0.25, 0.3) is 10.9 Å². The van der Waals surface area contributed by atoms with Gasteiger partial charge in [0.05, 0.1) is 11.6 Å². The highest BCUT2D eigenvalue weighted by molar-refractivity contribution is 9.10. The fraction of sp³-hybridized carbons (Fsp3) is 0.308. The zero-order chi connectivity index (χ0) is 12.4. The Labute approximate surface area is 109 Å². The molecule has 0 saturated heterocycles. The quantitative estimate of drug-likeness (QED) is 0.915. The largest absolute Gasteiger partial charge is 0.388 e. The molecular formula is C13H15BrN2O. The molecule has 2 aromatic rings. The number of nitrogens with zero attached hydrogens (tertiary/aromatic N) is 1. The average Bonchev–Trinajstić information content (AvgIpc) is 2.38. The van der Waals surface area contributed by atoms with Crippen LogP contribution < -0.4 is 5.73 Å². The summed E-state index contributed by atoms with van der Waals surface area (Å²) in [6.45, 7) is 2.38. The number of nitrogens with two attached hydrogens (primary N) is 1. The first-order chi connectivity index (χ1) is 8.15. The summed E-state index contributed by atoms with van der Waals surface area (Å²) < 4.78 is 0.983. The molecule has 4 heteroatoms. The molecule has 0 amide bonds. The zero-order valence-corrected chi connectivity index (χ0v) is 11.2. The van der Waals surface area contributed by atoms with E-state index in [4.69, 9.17) is 5.73 Å². The molecule has 0 radical (unpaired) electrons. The summed E-state index contributed by atoms with van der Waals surface area (Å²) in [5, 5.41) is 11.3. The van der Waals surface area contributed by atoms with Crippen LogP contribution >= 0.6 is 15.9 Å². The smallest absolute Gasteiger partial charge is 0.0848 e. The third-order valence-corrected chi connectivity index (χ3v) is 3.67. The van der Waals surface area contributed by atoms with Crippen molar-refractivity contribution >= 4 is 26.8 Å². The maximum atomic E-state index is 10.2. The number of hydrogen-bond donors (Lipinski definition) is 2. The van der Waals surface area contributed by atoms with E-state index in [2.05, 4.69) is 20.9 Å². The third-order valence-electron chi connectivity index (χ3n) is 2.98. The average molecular weight is 295 g/mol. The molecule has 3 nitrogen and oxygen atoms in total. The number of aliphatic hydroxyl groups excluding tert-OH is 1. The minimum absolute atomic E-state index is 0.0152. The third kappa shape index (κ3) is 2.34. The van der Waals surface area contributed by atoms with E-state index in [-0.39, 0.29) is 5.92 Å². The summed E-state index contributed by atoms with van der Waals surface area (Å²) in [5.74, 6) is 0.0152. The molecular weight excluding hydrogens is 280 g/mol. The Hall–Kier alpha value is -0.970. The molecule has 0 aliphatic heterocycles. The Kier molecular flexibility index (Phi) is 3.76. The molecule has 90 valence electrons. The lowest BCUT2D eigenvalue weighted by molar-refractivity contribution is 0.123. The lowest BCUT2D eigenvalue weighted by Crippen LogP contribution is -2.19. The highest BCUT2D eigenvalue weighted by atomic mass is 79.9. The van der Waals surface area contributed by atoms with Crippen LogP contribution in [0.2, 0.25) is 0 Å². The molecule has 2 unspecified atom stereocenters. The number of rotatable bonds is 3. The molecule has 1 aromatic heterocycles. The van der Waals surface area contributed by atoms with Crippen molar-refractivity contribution in [3.8, 4) is 0 Å². The lowest BCUT2D eigenvalue weighted by atomic mass is 9.95. The Morgan fingerprint density at radius 3 is 2.88 bits per heavy atom. The molecule has 0 spiro atoms. The van der Waals surface area contributed by atoms with Crippen molar-refractivity contribution < 1.29 is 5.11 Å². The van der Waals surface area contributed by atoms with E-state index >= 15 is 0 Å². The van der Waals surface area contributed by atoms with Gasteiger partial charge in [-0.15, -0.1) is 0 Å². The van der Waals surface area contributed by atoms with Crippen LogP contribution in [-0.2, 0) is 0 Å². The van der Waals surface area contributed by atoms with Gasteiger partial charge in [0.1, 0.15) is 0 Å². The van der Waals surface area contributed by atoms with E-state index in [0.29, 0.717) is 6.54 Å². The molecule has 17 heavy (non-hydrogen) atoms. The van der Waals surface area contributed by atoms with E-state index in [1.807, 2.05) is 31.2 Å². The highest BCUT2D eigenvalue weighted by Crippen LogP contribution is 2.31. The molecule has 2 rings (SSSR count). The van der Waals surface area contributed by atoms with Crippen molar-refractivity contribution in [3.05, 3.63) is 40.5 Å². The molecule has 0 saturated carbocycles. The van der Waals surface area contributed by atoms with Crippen LogP contribution in [0.5, 0.6) is 0 Å². The van der Waals surface area contributed by atoms with E-state index < -0.39 is 6.10 Å². The Morgan fingerprint density at radius 1 is 1.41 bits per heavy atom. The minimum Gasteiger partial charge on any atom is -0.388 e. The van der Waals surface area contributed by atoms with Gasteiger partial charge < -0.3 is 10.8 Å². The molecule has 1 aromatic carbocycles. The van der Waals surface area contributed by atoms with Gasteiger partial charge in [0.15, 0.2) is 0 Å². The molecule has 0 bridgehead atoms. The van der Waals surface area contributed by atoms with Gasteiger partial charge in [0, 0.05) is 21.6 Å². The van der Waals surface area contributed by atoms with Crippen LogP contribution in [0, 0.1) is 5.92 Å². The van der Waals surface area contributed by atoms with Gasteiger partial charge in [-0.05, 0) is 24.6 Å². The second-order valence-electron chi connectivity index (χ2n) is 4.19. The van der Waals surface area contributed by atoms with Gasteiger partial charge in [0.2, 0.25) is 0 Å². The van der Waals surface area contributed by atoms with Crippen LogP contribution in [0.3, 0.4) is 0 Å². The predicted octanol–water partition coefficient (Wildman–Crippen LogP) is 2.63. The number of aliphatic hydroxyl groups is 1. The van der Waals surface area contributed by atoms with Crippen LogP contribution in [0.1, 0.15) is 18.6 Å². The maximum Gasteiger partial charge on any atom is 0.0848 e. The summed E-state index contributed by atoms with van der Waals surface area (Å²) in [5.41, 5.74) is 7.26. The number of aromatic nitrogens is 1. The summed E-state index contributed by atoms with van der Waals surface area (Å²) >= 11 is 3.49. The molecule has 0 aliphatic rings. The lowest BCUT2D eigenvalue weighted by Gasteiger charge is -2.19. The zero-order valence-electron chi connectivity index (χ0n) is 9.60. The second kappa shape index (κ2) is 5.12. The minimum atomic E-state index is -0.578. The van der Waals surface area contributed by atoms with Crippen molar-refractivity contribution in [2.24, 2.45) is 11.7 Å². The van der Waals surface area contributed by atoms with Gasteiger partial charge in [-0.3, -0.25) is 4.98 Å². The number of hydrogen-bond acceptors (Lipinski definition) is 3. The van der Waals surface area contributed by atoms with E-state index in [9.17, 15) is 5.11 Å². The first-order valence-corrected chi connectivity index (χ1v) is 6.35. The molecule has 2 atom stereocenters. The Bertz CT molecular complexity index is 530. The second-order valence-corrected chi connectivity index (χ2v) is 5.05. The van der Waals surface area contributed by atoms with E-state index in [1.165, 1.54) is 0 Å². The van der Waals surface area contributed by atoms with Crippen molar-refractivity contribution in [2.45, 2.75) is 13.0 Å².